The minimum atomic E-state index is -3.66. The van der Waals surface area contributed by atoms with Gasteiger partial charge in [0.1, 0.15) is 0 Å². The maximum Gasteiger partial charge on any atom is 0.243 e. The zero-order valence-electron chi connectivity index (χ0n) is 18.3. The van der Waals surface area contributed by atoms with Gasteiger partial charge in [0.05, 0.1) is 14.7 Å². The highest BCUT2D eigenvalue weighted by Crippen LogP contribution is 2.38. The van der Waals surface area contributed by atoms with Gasteiger partial charge in [0.15, 0.2) is 0 Å². The van der Waals surface area contributed by atoms with Crippen LogP contribution >= 0.6 is 0 Å². The van der Waals surface area contributed by atoms with Gasteiger partial charge in [-0.2, -0.15) is 4.31 Å². The zero-order chi connectivity index (χ0) is 22.9. The highest BCUT2D eigenvalue weighted by atomic mass is 32.2. The molecule has 0 spiro atoms. The van der Waals surface area contributed by atoms with E-state index in [1.165, 1.54) is 4.31 Å². The van der Waals surface area contributed by atoms with Gasteiger partial charge in [-0.1, -0.05) is 53.6 Å². The summed E-state index contributed by atoms with van der Waals surface area (Å²) in [6, 6.07) is 15.3. The number of hydrogen-bond donors (Lipinski definition) is 0. The molecule has 1 aliphatic carbocycles. The summed E-state index contributed by atoms with van der Waals surface area (Å²) in [5.41, 5.74) is 3.43. The van der Waals surface area contributed by atoms with Crippen LogP contribution in [-0.4, -0.2) is 34.2 Å². The average Bonchev–Trinajstić information content (AvgIpc) is 2.76. The van der Waals surface area contributed by atoms with E-state index in [1.54, 1.807) is 54.6 Å². The van der Waals surface area contributed by atoms with Crippen LogP contribution < -0.4 is 0 Å². The number of allylic oxidation sites excluding steroid dienone is 4. The standard InChI is InChI=1S/C25H27NO4S2/c1-19-11-13-23(14-12-19)32(29,30)26-16-15-21-7-6-10-25(24(21)17-20(2)18-26)31(27,28)22-8-4-3-5-9-22/h3-5,8-9,11-15,17H,6-7,10,16,18H2,1-2H3/b20-17-,21-15-. The van der Waals surface area contributed by atoms with Crippen LogP contribution in [0.3, 0.4) is 0 Å². The number of benzene rings is 2. The Kier molecular flexibility index (Phi) is 6.25. The maximum atomic E-state index is 13.4. The monoisotopic (exact) mass is 469 g/mol. The second-order valence-electron chi connectivity index (χ2n) is 8.34. The number of rotatable bonds is 4. The summed E-state index contributed by atoms with van der Waals surface area (Å²) < 4.78 is 54.7. The lowest BCUT2D eigenvalue weighted by Crippen LogP contribution is -2.34. The van der Waals surface area contributed by atoms with Crippen molar-refractivity contribution in [1.82, 2.24) is 4.31 Å². The molecule has 4 rings (SSSR count). The fourth-order valence-corrected chi connectivity index (χ4v) is 7.30. The normalized spacial score (nSPS) is 21.6. The van der Waals surface area contributed by atoms with Gasteiger partial charge in [0.2, 0.25) is 19.9 Å². The molecule has 0 saturated carbocycles. The molecule has 0 amide bonds. The Bertz CT molecular complexity index is 1320. The topological polar surface area (TPSA) is 71.5 Å². The lowest BCUT2D eigenvalue weighted by molar-refractivity contribution is 0.464. The molecule has 0 bridgehead atoms. The van der Waals surface area contributed by atoms with Crippen molar-refractivity contribution in [1.29, 1.82) is 0 Å². The van der Waals surface area contributed by atoms with Gasteiger partial charge >= 0.3 is 0 Å². The molecule has 0 unspecified atom stereocenters. The molecule has 0 N–H and O–H groups in total. The summed E-state index contributed by atoms with van der Waals surface area (Å²) in [4.78, 5) is 0.984. The Labute approximate surface area is 190 Å². The summed E-state index contributed by atoms with van der Waals surface area (Å²) >= 11 is 0. The molecule has 0 aromatic heterocycles. The Hall–Kier alpha value is -2.48. The fraction of sp³-hybridized carbons (Fsp3) is 0.280. The van der Waals surface area contributed by atoms with Crippen LogP contribution in [0.15, 0.2) is 98.2 Å². The summed E-state index contributed by atoms with van der Waals surface area (Å²) in [5.74, 6) is 0. The predicted octanol–water partition coefficient (Wildman–Crippen LogP) is 4.78. The first-order valence-electron chi connectivity index (χ1n) is 10.7. The molecule has 0 saturated heterocycles. The smallest absolute Gasteiger partial charge is 0.219 e. The Balaban J connectivity index is 1.75. The lowest BCUT2D eigenvalue weighted by Gasteiger charge is -2.27. The molecular formula is C25H27NO4S2. The molecule has 168 valence electrons. The third-order valence-corrected chi connectivity index (χ3v) is 9.68. The molecule has 7 heteroatoms. The van der Waals surface area contributed by atoms with Gasteiger partial charge in [0, 0.05) is 13.1 Å². The second-order valence-corrected chi connectivity index (χ2v) is 12.2. The van der Waals surface area contributed by atoms with Gasteiger partial charge in [-0.25, -0.2) is 16.8 Å². The van der Waals surface area contributed by atoms with Crippen molar-refractivity contribution >= 4 is 19.9 Å². The highest BCUT2D eigenvalue weighted by molar-refractivity contribution is 7.95. The van der Waals surface area contributed by atoms with Crippen molar-refractivity contribution in [3.05, 3.63) is 93.9 Å². The molecule has 1 aliphatic heterocycles. The fourth-order valence-electron chi connectivity index (χ4n) is 4.18. The van der Waals surface area contributed by atoms with E-state index in [-0.39, 0.29) is 18.0 Å². The molecular weight excluding hydrogens is 442 g/mol. The van der Waals surface area contributed by atoms with Crippen LogP contribution in [0.25, 0.3) is 0 Å². The summed E-state index contributed by atoms with van der Waals surface area (Å²) in [7, 11) is -7.27. The minimum absolute atomic E-state index is 0.207. The minimum Gasteiger partial charge on any atom is -0.219 e. The van der Waals surface area contributed by atoms with E-state index in [9.17, 15) is 16.8 Å². The molecule has 5 nitrogen and oxygen atoms in total. The number of nitrogens with zero attached hydrogens (tertiary/aromatic N) is 1. The first kappa shape index (κ1) is 22.7. The zero-order valence-corrected chi connectivity index (χ0v) is 19.9. The lowest BCUT2D eigenvalue weighted by atomic mass is 9.91. The van der Waals surface area contributed by atoms with E-state index in [4.69, 9.17) is 0 Å². The van der Waals surface area contributed by atoms with Crippen LogP contribution in [0.2, 0.25) is 0 Å². The first-order valence-corrected chi connectivity index (χ1v) is 13.6. The molecule has 2 aromatic carbocycles. The van der Waals surface area contributed by atoms with Gasteiger partial charge in [-0.05, 0) is 68.5 Å². The van der Waals surface area contributed by atoms with Crippen LogP contribution in [0.5, 0.6) is 0 Å². The number of sulfonamides is 1. The third kappa shape index (κ3) is 4.37. The largest absolute Gasteiger partial charge is 0.243 e. The molecule has 0 fully saturated rings. The number of hydrogen-bond acceptors (Lipinski definition) is 4. The van der Waals surface area contributed by atoms with E-state index < -0.39 is 19.9 Å². The van der Waals surface area contributed by atoms with Gasteiger partial charge < -0.3 is 0 Å². The van der Waals surface area contributed by atoms with Crippen LogP contribution in [0.4, 0.5) is 0 Å². The molecule has 0 atom stereocenters. The average molecular weight is 470 g/mol. The number of aryl methyl sites for hydroxylation is 1. The van der Waals surface area contributed by atoms with E-state index in [0.29, 0.717) is 22.6 Å². The molecule has 0 radical (unpaired) electrons. The van der Waals surface area contributed by atoms with Gasteiger partial charge in [-0.15, -0.1) is 0 Å². The maximum absolute atomic E-state index is 13.4. The van der Waals surface area contributed by atoms with Gasteiger partial charge in [-0.3, -0.25) is 0 Å². The van der Waals surface area contributed by atoms with Crippen LogP contribution in [0, 0.1) is 6.92 Å². The van der Waals surface area contributed by atoms with Crippen molar-refractivity contribution in [3.63, 3.8) is 0 Å². The van der Waals surface area contributed by atoms with E-state index >= 15 is 0 Å². The number of fused-ring (bicyclic) bond motifs is 1. The molecule has 2 aliphatic rings. The second kappa shape index (κ2) is 8.81. The Morgan fingerprint density at radius 3 is 2.19 bits per heavy atom. The van der Waals surface area contributed by atoms with Crippen molar-refractivity contribution in [2.24, 2.45) is 0 Å². The van der Waals surface area contributed by atoms with Crippen molar-refractivity contribution in [2.45, 2.75) is 42.9 Å². The SMILES string of the molecule is C/C1=C/C2=C(S(=O)(=O)c3ccccc3)CCC/C2=C/CN(S(=O)(=O)c2ccc(C)cc2)C1. The first-order chi connectivity index (χ1) is 15.2. The summed E-state index contributed by atoms with van der Waals surface area (Å²) in [6.45, 7) is 4.19. The van der Waals surface area contributed by atoms with Crippen LogP contribution in [0.1, 0.15) is 31.7 Å². The molecule has 32 heavy (non-hydrogen) atoms. The van der Waals surface area contributed by atoms with Gasteiger partial charge in [0.25, 0.3) is 0 Å². The van der Waals surface area contributed by atoms with Crippen molar-refractivity contribution < 1.29 is 16.8 Å². The Morgan fingerprint density at radius 2 is 1.50 bits per heavy atom. The molecule has 2 aromatic rings. The summed E-state index contributed by atoms with van der Waals surface area (Å²) in [5, 5.41) is 0. The predicted molar refractivity (Wildman–Crippen MR) is 126 cm³/mol. The van der Waals surface area contributed by atoms with Crippen molar-refractivity contribution in [3.8, 4) is 0 Å². The van der Waals surface area contributed by atoms with Crippen molar-refractivity contribution in [2.75, 3.05) is 13.1 Å². The quantitative estimate of drug-likeness (QED) is 0.646. The molecule has 1 heterocycles. The highest BCUT2D eigenvalue weighted by Gasteiger charge is 2.30. The number of sulfone groups is 1. The van der Waals surface area contributed by atoms with E-state index in [0.717, 1.165) is 28.7 Å². The summed E-state index contributed by atoms with van der Waals surface area (Å²) in [6.07, 6.45) is 5.67. The third-order valence-electron chi connectivity index (χ3n) is 5.89. The Morgan fingerprint density at radius 1 is 0.812 bits per heavy atom. The van der Waals surface area contributed by atoms with Crippen LogP contribution in [-0.2, 0) is 19.9 Å². The van der Waals surface area contributed by atoms with E-state index in [2.05, 4.69) is 0 Å². The van der Waals surface area contributed by atoms with E-state index in [1.807, 2.05) is 26.0 Å².